The van der Waals surface area contributed by atoms with Gasteiger partial charge >= 0.3 is 0 Å². The lowest BCUT2D eigenvalue weighted by atomic mass is 10.1. The van der Waals surface area contributed by atoms with Gasteiger partial charge in [0.1, 0.15) is 16.9 Å². The lowest BCUT2D eigenvalue weighted by Gasteiger charge is -2.28. The average Bonchev–Trinajstić information content (AvgIpc) is 3.46. The van der Waals surface area contributed by atoms with Crippen LogP contribution in [0.25, 0.3) is 22.1 Å². The number of hydrogen-bond acceptors (Lipinski definition) is 9. The van der Waals surface area contributed by atoms with Crippen molar-refractivity contribution >= 4 is 57.3 Å². The van der Waals surface area contributed by atoms with Crippen molar-refractivity contribution in [2.75, 3.05) is 30.3 Å². The van der Waals surface area contributed by atoms with Crippen LogP contribution in [-0.2, 0) is 6.54 Å². The summed E-state index contributed by atoms with van der Waals surface area (Å²) in [5, 5.41) is 9.29. The van der Waals surface area contributed by atoms with Crippen molar-refractivity contribution < 1.29 is 4.79 Å². The minimum absolute atomic E-state index is 0.137. The molecule has 1 amide bonds. The van der Waals surface area contributed by atoms with E-state index >= 15 is 0 Å². The summed E-state index contributed by atoms with van der Waals surface area (Å²) in [4.78, 5) is 24.5. The first-order valence-electron chi connectivity index (χ1n) is 10.8. The molecule has 1 aromatic carbocycles. The Balaban J connectivity index is 1.33. The van der Waals surface area contributed by atoms with Gasteiger partial charge in [-0.2, -0.15) is 13.8 Å². The highest BCUT2D eigenvalue weighted by Gasteiger charge is 2.20. The van der Waals surface area contributed by atoms with Gasteiger partial charge in [0.2, 0.25) is 0 Å². The molecule has 0 spiro atoms. The van der Waals surface area contributed by atoms with E-state index in [9.17, 15) is 4.79 Å². The number of piperidine rings is 1. The SMILES string of the molecule is CCSc1nc(N2CCCCC2)c2cnn(CCNC(=O)c3ccc4nsnc4c3)c2n1. The van der Waals surface area contributed by atoms with Gasteiger partial charge in [-0.1, -0.05) is 18.7 Å². The van der Waals surface area contributed by atoms with Crippen molar-refractivity contribution in [3.05, 3.63) is 30.0 Å². The highest BCUT2D eigenvalue weighted by atomic mass is 32.2. The molecule has 11 heteroatoms. The highest BCUT2D eigenvalue weighted by Crippen LogP contribution is 2.29. The number of carbonyl (C=O) groups excluding carboxylic acids is 1. The van der Waals surface area contributed by atoms with E-state index in [1.807, 2.05) is 16.9 Å². The summed E-state index contributed by atoms with van der Waals surface area (Å²) in [6, 6.07) is 5.36. The van der Waals surface area contributed by atoms with Crippen molar-refractivity contribution in [2.24, 2.45) is 0 Å². The van der Waals surface area contributed by atoms with Gasteiger partial charge in [0.25, 0.3) is 5.91 Å². The fourth-order valence-electron chi connectivity index (χ4n) is 3.93. The van der Waals surface area contributed by atoms with Gasteiger partial charge in [0.15, 0.2) is 10.8 Å². The fourth-order valence-corrected chi connectivity index (χ4v) is 5.00. The van der Waals surface area contributed by atoms with Gasteiger partial charge in [0, 0.05) is 25.2 Å². The van der Waals surface area contributed by atoms with Gasteiger partial charge in [-0.3, -0.25) is 4.79 Å². The highest BCUT2D eigenvalue weighted by molar-refractivity contribution is 7.99. The predicted molar refractivity (Wildman–Crippen MR) is 128 cm³/mol. The lowest BCUT2D eigenvalue weighted by Crippen LogP contribution is -2.30. The molecule has 9 nitrogen and oxygen atoms in total. The third kappa shape index (κ3) is 4.26. The van der Waals surface area contributed by atoms with Gasteiger partial charge in [-0.25, -0.2) is 14.6 Å². The maximum atomic E-state index is 12.6. The zero-order valence-electron chi connectivity index (χ0n) is 17.8. The number of amides is 1. The average molecular weight is 469 g/mol. The van der Waals surface area contributed by atoms with Crippen LogP contribution in [0.3, 0.4) is 0 Å². The Hall–Kier alpha value is -2.79. The van der Waals surface area contributed by atoms with Crippen molar-refractivity contribution in [1.82, 2.24) is 33.8 Å². The first-order valence-corrected chi connectivity index (χ1v) is 12.6. The largest absolute Gasteiger partial charge is 0.356 e. The van der Waals surface area contributed by atoms with Gasteiger partial charge in [-0.05, 0) is 43.2 Å². The number of hydrogen-bond donors (Lipinski definition) is 1. The second kappa shape index (κ2) is 9.37. The van der Waals surface area contributed by atoms with E-state index in [1.54, 1.807) is 23.9 Å². The topological polar surface area (TPSA) is 102 Å². The first kappa shape index (κ1) is 21.1. The summed E-state index contributed by atoms with van der Waals surface area (Å²) < 4.78 is 10.2. The van der Waals surface area contributed by atoms with Crippen molar-refractivity contribution in [3.8, 4) is 0 Å². The summed E-state index contributed by atoms with van der Waals surface area (Å²) in [6.07, 6.45) is 5.49. The van der Waals surface area contributed by atoms with Crippen molar-refractivity contribution in [1.29, 1.82) is 0 Å². The van der Waals surface area contributed by atoms with E-state index < -0.39 is 0 Å². The smallest absolute Gasteiger partial charge is 0.251 e. The van der Waals surface area contributed by atoms with E-state index in [-0.39, 0.29) is 5.91 Å². The number of thioether (sulfide) groups is 1. The predicted octanol–water partition coefficient (Wildman–Crippen LogP) is 3.36. The molecule has 1 aliphatic rings. The number of rotatable bonds is 7. The van der Waals surface area contributed by atoms with Crippen LogP contribution in [0.15, 0.2) is 29.6 Å². The molecule has 0 saturated carbocycles. The maximum Gasteiger partial charge on any atom is 0.251 e. The van der Waals surface area contributed by atoms with Crippen molar-refractivity contribution in [3.63, 3.8) is 0 Å². The second-order valence-corrected chi connectivity index (χ2v) is 9.40. The zero-order valence-corrected chi connectivity index (χ0v) is 19.5. The van der Waals surface area contributed by atoms with Crippen LogP contribution in [-0.4, -0.2) is 59.8 Å². The van der Waals surface area contributed by atoms with E-state index in [4.69, 9.17) is 9.97 Å². The normalized spacial score (nSPS) is 14.3. The fraction of sp³-hybridized carbons (Fsp3) is 0.429. The van der Waals surface area contributed by atoms with Gasteiger partial charge in [0.05, 0.1) is 29.9 Å². The molecule has 166 valence electrons. The molecule has 1 fully saturated rings. The molecular formula is C21H24N8OS2. The Kier molecular flexibility index (Phi) is 6.17. The molecular weight excluding hydrogens is 444 g/mol. The second-order valence-electron chi connectivity index (χ2n) is 7.64. The van der Waals surface area contributed by atoms with E-state index in [2.05, 4.69) is 31.0 Å². The third-order valence-corrected chi connectivity index (χ3v) is 6.80. The standard InChI is InChI=1S/C21H24N8OS2/c1-2-31-21-24-18(28-9-4-3-5-10-28)15-13-23-29(19(15)25-21)11-8-22-20(30)14-6-7-16-17(12-14)27-32-26-16/h6-7,12-13H,2-5,8-11H2,1H3,(H,22,30). The Bertz CT molecular complexity index is 1250. The number of aromatic nitrogens is 6. The molecule has 0 atom stereocenters. The van der Waals surface area contributed by atoms with Crippen LogP contribution in [0, 0.1) is 0 Å². The molecule has 32 heavy (non-hydrogen) atoms. The minimum atomic E-state index is -0.137. The molecule has 5 rings (SSSR count). The first-order chi connectivity index (χ1) is 15.7. The lowest BCUT2D eigenvalue weighted by molar-refractivity contribution is 0.0952. The van der Waals surface area contributed by atoms with E-state index in [0.29, 0.717) is 18.7 Å². The van der Waals surface area contributed by atoms with Gasteiger partial charge < -0.3 is 10.2 Å². The number of anilines is 1. The summed E-state index contributed by atoms with van der Waals surface area (Å²) in [5.41, 5.74) is 2.94. The third-order valence-electron chi connectivity index (χ3n) is 5.51. The van der Waals surface area contributed by atoms with Crippen LogP contribution >= 0.6 is 23.5 Å². The van der Waals surface area contributed by atoms with Gasteiger partial charge in [-0.15, -0.1) is 0 Å². The summed E-state index contributed by atoms with van der Waals surface area (Å²) in [7, 11) is 0. The van der Waals surface area contributed by atoms with Crippen LogP contribution in [0.2, 0.25) is 0 Å². The molecule has 0 aliphatic carbocycles. The minimum Gasteiger partial charge on any atom is -0.356 e. The van der Waals surface area contributed by atoms with E-state index in [1.165, 1.54) is 19.3 Å². The molecule has 1 N–H and O–H groups in total. The maximum absolute atomic E-state index is 12.6. The quantitative estimate of drug-likeness (QED) is 0.325. The molecule has 3 aromatic heterocycles. The summed E-state index contributed by atoms with van der Waals surface area (Å²) in [6.45, 7) is 5.11. The molecule has 0 unspecified atom stereocenters. The molecule has 0 bridgehead atoms. The number of fused-ring (bicyclic) bond motifs is 2. The zero-order chi connectivity index (χ0) is 21.9. The van der Waals surface area contributed by atoms with Crippen LogP contribution < -0.4 is 10.2 Å². The number of benzene rings is 1. The Morgan fingerprint density at radius 2 is 2.00 bits per heavy atom. The number of nitrogens with one attached hydrogen (secondary N) is 1. The molecule has 4 heterocycles. The van der Waals surface area contributed by atoms with Crippen LogP contribution in [0.4, 0.5) is 5.82 Å². The number of nitrogens with zero attached hydrogens (tertiary/aromatic N) is 7. The molecule has 1 saturated heterocycles. The van der Waals surface area contributed by atoms with E-state index in [0.717, 1.165) is 63.6 Å². The molecule has 1 aliphatic heterocycles. The van der Waals surface area contributed by atoms with Crippen molar-refractivity contribution in [2.45, 2.75) is 37.9 Å². The number of carbonyl (C=O) groups is 1. The Morgan fingerprint density at radius 3 is 2.84 bits per heavy atom. The van der Waals surface area contributed by atoms with Crippen LogP contribution in [0.1, 0.15) is 36.5 Å². The summed E-state index contributed by atoms with van der Waals surface area (Å²) >= 11 is 2.78. The molecule has 4 aromatic rings. The monoisotopic (exact) mass is 468 g/mol. The molecule has 0 radical (unpaired) electrons. The Labute approximate surface area is 193 Å². The summed E-state index contributed by atoms with van der Waals surface area (Å²) in [5.74, 6) is 1.75. The Morgan fingerprint density at radius 1 is 1.16 bits per heavy atom. The van der Waals surface area contributed by atoms with Crippen LogP contribution in [0.5, 0.6) is 0 Å².